The van der Waals surface area contributed by atoms with Crippen LogP contribution in [0.1, 0.15) is 33.3 Å². The van der Waals surface area contributed by atoms with Gasteiger partial charge in [-0.25, -0.2) is 4.39 Å². The van der Waals surface area contributed by atoms with Crippen molar-refractivity contribution in [3.05, 3.63) is 35.1 Å². The molecule has 0 saturated carbocycles. The standard InChI is InChI=1S/C15H20BFO4/c1-14(2)15(3,4)21-16(20-14)11(9-18)7-10-8-12(17)5-6-13(10)19/h5-8,18-19H,9H2,1-4H3. The zero-order valence-corrected chi connectivity index (χ0v) is 12.7. The van der Waals surface area contributed by atoms with Crippen LogP contribution in [0, 0.1) is 5.82 Å². The second-order valence-electron chi connectivity index (χ2n) is 6.17. The molecule has 0 aromatic heterocycles. The SMILES string of the molecule is CC1(C)OB(C(=Cc2cc(F)ccc2O)CO)OC1(C)C. The van der Waals surface area contributed by atoms with Crippen LogP contribution < -0.4 is 0 Å². The van der Waals surface area contributed by atoms with Gasteiger partial charge in [0.1, 0.15) is 11.6 Å². The summed E-state index contributed by atoms with van der Waals surface area (Å²) < 4.78 is 24.9. The lowest BCUT2D eigenvalue weighted by Gasteiger charge is -2.32. The van der Waals surface area contributed by atoms with Gasteiger partial charge < -0.3 is 19.5 Å². The van der Waals surface area contributed by atoms with E-state index < -0.39 is 24.1 Å². The molecule has 1 aliphatic rings. The summed E-state index contributed by atoms with van der Waals surface area (Å²) in [4.78, 5) is 0. The Morgan fingerprint density at radius 2 is 1.81 bits per heavy atom. The van der Waals surface area contributed by atoms with Gasteiger partial charge in [0, 0.05) is 5.56 Å². The smallest absolute Gasteiger partial charge is 0.492 e. The molecule has 0 unspecified atom stereocenters. The first kappa shape index (κ1) is 16.0. The van der Waals surface area contributed by atoms with Gasteiger partial charge in [0.2, 0.25) is 0 Å². The maximum absolute atomic E-state index is 13.3. The Labute approximate surface area is 124 Å². The minimum Gasteiger partial charge on any atom is -0.507 e. The molecule has 0 radical (unpaired) electrons. The molecule has 0 bridgehead atoms. The normalized spacial score (nSPS) is 20.9. The molecular weight excluding hydrogens is 274 g/mol. The summed E-state index contributed by atoms with van der Waals surface area (Å²) in [5.74, 6) is -0.538. The van der Waals surface area contributed by atoms with E-state index in [4.69, 9.17) is 9.31 Å². The third kappa shape index (κ3) is 3.12. The Hall–Kier alpha value is -1.37. The molecule has 1 heterocycles. The highest BCUT2D eigenvalue weighted by molar-refractivity contribution is 6.55. The number of rotatable bonds is 3. The van der Waals surface area contributed by atoms with Gasteiger partial charge in [0.25, 0.3) is 0 Å². The maximum atomic E-state index is 13.3. The summed E-state index contributed by atoms with van der Waals surface area (Å²) >= 11 is 0. The largest absolute Gasteiger partial charge is 0.507 e. The first-order chi connectivity index (χ1) is 9.66. The van der Waals surface area contributed by atoms with E-state index in [-0.39, 0.29) is 17.9 Å². The highest BCUT2D eigenvalue weighted by Crippen LogP contribution is 2.39. The van der Waals surface area contributed by atoms with Crippen molar-refractivity contribution in [2.75, 3.05) is 6.61 Å². The fourth-order valence-corrected chi connectivity index (χ4v) is 2.02. The molecule has 114 valence electrons. The summed E-state index contributed by atoms with van der Waals surface area (Å²) in [6, 6.07) is 3.62. The number of phenols is 1. The van der Waals surface area contributed by atoms with Crippen molar-refractivity contribution in [1.82, 2.24) is 0 Å². The van der Waals surface area contributed by atoms with Gasteiger partial charge in [-0.2, -0.15) is 0 Å². The second-order valence-corrected chi connectivity index (χ2v) is 6.17. The number of halogens is 1. The molecule has 1 saturated heterocycles. The van der Waals surface area contributed by atoms with Crippen LogP contribution in [0.2, 0.25) is 0 Å². The van der Waals surface area contributed by atoms with Crippen LogP contribution in [0.15, 0.2) is 23.7 Å². The molecule has 0 amide bonds. The van der Waals surface area contributed by atoms with Crippen molar-refractivity contribution in [3.63, 3.8) is 0 Å². The zero-order chi connectivity index (χ0) is 15.8. The molecule has 0 aliphatic carbocycles. The van der Waals surface area contributed by atoms with Crippen LogP contribution in [-0.4, -0.2) is 35.1 Å². The Kier molecular flexibility index (Phi) is 4.15. The Bertz CT molecular complexity index is 553. The Morgan fingerprint density at radius 3 is 2.33 bits per heavy atom. The molecule has 6 heteroatoms. The summed E-state index contributed by atoms with van der Waals surface area (Å²) in [6.45, 7) is 7.30. The lowest BCUT2D eigenvalue weighted by molar-refractivity contribution is 0.00578. The highest BCUT2D eigenvalue weighted by atomic mass is 19.1. The van der Waals surface area contributed by atoms with Crippen LogP contribution >= 0.6 is 0 Å². The van der Waals surface area contributed by atoms with Crippen molar-refractivity contribution in [1.29, 1.82) is 0 Å². The molecule has 21 heavy (non-hydrogen) atoms. The van der Waals surface area contributed by atoms with Crippen LogP contribution in [0.4, 0.5) is 4.39 Å². The summed E-state index contributed by atoms with van der Waals surface area (Å²) in [7, 11) is -0.734. The minimum atomic E-state index is -0.734. The van der Waals surface area contributed by atoms with E-state index >= 15 is 0 Å². The first-order valence-corrected chi connectivity index (χ1v) is 6.82. The number of aliphatic hydroxyl groups excluding tert-OH is 1. The summed E-state index contributed by atoms with van der Waals surface area (Å²) in [5, 5.41) is 19.3. The average Bonchev–Trinajstić information content (AvgIpc) is 2.59. The molecule has 1 fully saturated rings. The van der Waals surface area contributed by atoms with Crippen LogP contribution in [0.3, 0.4) is 0 Å². The number of benzene rings is 1. The third-order valence-electron chi connectivity index (χ3n) is 4.07. The predicted molar refractivity (Wildman–Crippen MR) is 79.2 cm³/mol. The van der Waals surface area contributed by atoms with Gasteiger partial charge in [-0.3, -0.25) is 0 Å². The van der Waals surface area contributed by atoms with Crippen molar-refractivity contribution in [2.24, 2.45) is 0 Å². The van der Waals surface area contributed by atoms with Gasteiger partial charge in [-0.1, -0.05) is 6.08 Å². The molecule has 1 aromatic rings. The number of hydrogen-bond acceptors (Lipinski definition) is 4. The van der Waals surface area contributed by atoms with E-state index in [2.05, 4.69) is 0 Å². The molecule has 1 aliphatic heterocycles. The number of hydrogen-bond donors (Lipinski definition) is 2. The number of aliphatic hydroxyl groups is 1. The van der Waals surface area contributed by atoms with E-state index in [0.29, 0.717) is 5.47 Å². The van der Waals surface area contributed by atoms with Crippen LogP contribution in [0.25, 0.3) is 6.08 Å². The minimum absolute atomic E-state index is 0.0705. The lowest BCUT2D eigenvalue weighted by atomic mass is 9.77. The molecule has 0 atom stereocenters. The topological polar surface area (TPSA) is 58.9 Å². The number of phenolic OH excluding ortho intramolecular Hbond substituents is 1. The van der Waals surface area contributed by atoms with Gasteiger partial charge in [-0.15, -0.1) is 0 Å². The number of aromatic hydroxyl groups is 1. The van der Waals surface area contributed by atoms with Crippen molar-refractivity contribution in [3.8, 4) is 5.75 Å². The fraction of sp³-hybridized carbons (Fsp3) is 0.467. The van der Waals surface area contributed by atoms with E-state index in [0.717, 1.165) is 0 Å². The molecule has 2 rings (SSSR count). The second kappa shape index (κ2) is 5.44. The Morgan fingerprint density at radius 1 is 1.24 bits per heavy atom. The van der Waals surface area contributed by atoms with Crippen molar-refractivity contribution >= 4 is 13.2 Å². The van der Waals surface area contributed by atoms with E-state index in [1.165, 1.54) is 24.3 Å². The lowest BCUT2D eigenvalue weighted by Crippen LogP contribution is -2.41. The first-order valence-electron chi connectivity index (χ1n) is 6.82. The molecule has 1 aromatic carbocycles. The van der Waals surface area contributed by atoms with Crippen molar-refractivity contribution in [2.45, 2.75) is 38.9 Å². The summed E-state index contributed by atoms with van der Waals surface area (Å²) in [6.07, 6.45) is 1.49. The molecule has 2 N–H and O–H groups in total. The van der Waals surface area contributed by atoms with E-state index in [9.17, 15) is 14.6 Å². The van der Waals surface area contributed by atoms with Gasteiger partial charge in [0.05, 0.1) is 17.8 Å². The van der Waals surface area contributed by atoms with Crippen LogP contribution in [0.5, 0.6) is 5.75 Å². The fourth-order valence-electron chi connectivity index (χ4n) is 2.02. The van der Waals surface area contributed by atoms with Crippen molar-refractivity contribution < 1.29 is 23.9 Å². The molecular formula is C15H20BFO4. The van der Waals surface area contributed by atoms with E-state index in [1.807, 2.05) is 27.7 Å². The quantitative estimate of drug-likeness (QED) is 0.841. The maximum Gasteiger partial charge on any atom is 0.492 e. The third-order valence-corrected chi connectivity index (χ3v) is 4.07. The van der Waals surface area contributed by atoms with E-state index in [1.54, 1.807) is 0 Å². The van der Waals surface area contributed by atoms with Crippen LogP contribution in [-0.2, 0) is 9.31 Å². The van der Waals surface area contributed by atoms with Gasteiger partial charge in [0.15, 0.2) is 0 Å². The average molecular weight is 294 g/mol. The molecule has 4 nitrogen and oxygen atoms in total. The van der Waals surface area contributed by atoms with Gasteiger partial charge in [-0.05, 0) is 51.4 Å². The zero-order valence-electron chi connectivity index (χ0n) is 12.7. The highest BCUT2D eigenvalue weighted by Gasteiger charge is 2.52. The Balaban J connectivity index is 2.33. The molecule has 0 spiro atoms. The predicted octanol–water partition coefficient (Wildman–Crippen LogP) is 2.54. The van der Waals surface area contributed by atoms with Gasteiger partial charge >= 0.3 is 7.12 Å². The summed E-state index contributed by atoms with van der Waals surface area (Å²) in [5.41, 5.74) is -0.366. The monoisotopic (exact) mass is 294 g/mol.